The molecule has 0 fully saturated rings. The standard InChI is InChI=1S/C22H30N2O6S2/c1-6-7-11-23-31(26,27)19-13-17(15-25)21(30-5)20(14-19)16-9-8-10-18(12-16)32(28,29)24-22(2,3)4/h8-10,12-15,23-24H,6-7,11H2,1-5H3. The van der Waals surface area contributed by atoms with Crippen LogP contribution in [0.15, 0.2) is 46.2 Å². The average molecular weight is 483 g/mol. The molecule has 2 N–H and O–H groups in total. The van der Waals surface area contributed by atoms with Crippen LogP contribution >= 0.6 is 0 Å². The predicted octanol–water partition coefficient (Wildman–Crippen LogP) is 3.33. The minimum atomic E-state index is -3.88. The lowest BCUT2D eigenvalue weighted by molar-refractivity contribution is 0.112. The van der Waals surface area contributed by atoms with Crippen LogP contribution in [0.25, 0.3) is 11.1 Å². The van der Waals surface area contributed by atoms with Crippen LogP contribution in [0.4, 0.5) is 0 Å². The lowest BCUT2D eigenvalue weighted by Gasteiger charge is -2.21. The number of unbranched alkanes of at least 4 members (excludes halogenated alkanes) is 1. The van der Waals surface area contributed by atoms with Crippen molar-refractivity contribution in [2.24, 2.45) is 0 Å². The summed E-state index contributed by atoms with van der Waals surface area (Å²) in [6, 6.07) is 8.66. The molecule has 0 aliphatic rings. The van der Waals surface area contributed by atoms with Crippen molar-refractivity contribution in [1.82, 2.24) is 9.44 Å². The maximum Gasteiger partial charge on any atom is 0.241 e. The Labute approximate surface area is 190 Å². The monoisotopic (exact) mass is 482 g/mol. The largest absolute Gasteiger partial charge is 0.495 e. The van der Waals surface area contributed by atoms with Gasteiger partial charge in [0.2, 0.25) is 20.0 Å². The molecule has 10 heteroatoms. The number of sulfonamides is 2. The van der Waals surface area contributed by atoms with Gasteiger partial charge in [-0.1, -0.05) is 25.5 Å². The smallest absolute Gasteiger partial charge is 0.241 e. The lowest BCUT2D eigenvalue weighted by atomic mass is 10.0. The zero-order valence-electron chi connectivity index (χ0n) is 18.9. The molecule has 0 saturated carbocycles. The molecule has 0 aliphatic carbocycles. The number of hydrogen-bond acceptors (Lipinski definition) is 6. The summed E-state index contributed by atoms with van der Waals surface area (Å²) in [6.07, 6.45) is 2.00. The van der Waals surface area contributed by atoms with Crippen molar-refractivity contribution in [3.8, 4) is 16.9 Å². The third kappa shape index (κ3) is 6.38. The molecule has 8 nitrogen and oxygen atoms in total. The number of carbonyl (C=O) groups excluding carboxylic acids is 1. The highest BCUT2D eigenvalue weighted by atomic mass is 32.2. The first-order chi connectivity index (χ1) is 14.8. The second-order valence-corrected chi connectivity index (χ2v) is 11.8. The topological polar surface area (TPSA) is 119 Å². The number of rotatable bonds is 10. The Hall–Kier alpha value is -2.27. The Morgan fingerprint density at radius 3 is 2.25 bits per heavy atom. The first kappa shape index (κ1) is 26.0. The minimum absolute atomic E-state index is 0.00830. The van der Waals surface area contributed by atoms with Gasteiger partial charge in [0, 0.05) is 17.6 Å². The zero-order valence-corrected chi connectivity index (χ0v) is 20.6. The first-order valence-electron chi connectivity index (χ1n) is 10.2. The molecular weight excluding hydrogens is 452 g/mol. The van der Waals surface area contributed by atoms with E-state index >= 15 is 0 Å². The van der Waals surface area contributed by atoms with Gasteiger partial charge < -0.3 is 4.74 Å². The van der Waals surface area contributed by atoms with E-state index in [0.717, 1.165) is 6.42 Å². The lowest BCUT2D eigenvalue weighted by Crippen LogP contribution is -2.40. The number of ether oxygens (including phenoxy) is 1. The van der Waals surface area contributed by atoms with Crippen molar-refractivity contribution in [3.63, 3.8) is 0 Å². The molecule has 0 unspecified atom stereocenters. The Bertz CT molecular complexity index is 1180. The number of aldehydes is 1. The van der Waals surface area contributed by atoms with Crippen LogP contribution in [-0.2, 0) is 20.0 Å². The Kier molecular flexibility index (Phi) is 8.22. The number of nitrogens with one attached hydrogen (secondary N) is 2. The quantitative estimate of drug-likeness (QED) is 0.396. The van der Waals surface area contributed by atoms with E-state index in [1.807, 2.05) is 6.92 Å². The summed E-state index contributed by atoms with van der Waals surface area (Å²) in [5.74, 6) is 0.158. The number of carbonyl (C=O) groups is 1. The van der Waals surface area contributed by atoms with Crippen LogP contribution in [-0.4, -0.2) is 42.3 Å². The van der Waals surface area contributed by atoms with E-state index < -0.39 is 25.6 Å². The van der Waals surface area contributed by atoms with Gasteiger partial charge in [0.05, 0.1) is 22.5 Å². The second-order valence-electron chi connectivity index (χ2n) is 8.35. The van der Waals surface area contributed by atoms with Gasteiger partial charge in [0.25, 0.3) is 0 Å². The highest BCUT2D eigenvalue weighted by Crippen LogP contribution is 2.36. The maximum absolute atomic E-state index is 12.8. The predicted molar refractivity (Wildman–Crippen MR) is 124 cm³/mol. The summed E-state index contributed by atoms with van der Waals surface area (Å²) in [6.45, 7) is 7.40. The summed E-state index contributed by atoms with van der Waals surface area (Å²) < 4.78 is 61.6. The van der Waals surface area contributed by atoms with Gasteiger partial charge in [-0.15, -0.1) is 0 Å². The van der Waals surface area contributed by atoms with Gasteiger partial charge in [-0.3, -0.25) is 4.79 Å². The molecule has 0 bridgehead atoms. The van der Waals surface area contributed by atoms with Crippen LogP contribution < -0.4 is 14.2 Å². The highest BCUT2D eigenvalue weighted by Gasteiger charge is 2.24. The Morgan fingerprint density at radius 1 is 1.00 bits per heavy atom. The van der Waals surface area contributed by atoms with E-state index in [9.17, 15) is 21.6 Å². The van der Waals surface area contributed by atoms with Crippen LogP contribution in [0.1, 0.15) is 50.9 Å². The van der Waals surface area contributed by atoms with E-state index in [1.54, 1.807) is 32.9 Å². The molecule has 2 rings (SSSR count). The minimum Gasteiger partial charge on any atom is -0.495 e. The third-order valence-electron chi connectivity index (χ3n) is 4.45. The van der Waals surface area contributed by atoms with Gasteiger partial charge in [-0.05, 0) is 57.0 Å². The van der Waals surface area contributed by atoms with E-state index in [0.29, 0.717) is 23.8 Å². The molecule has 32 heavy (non-hydrogen) atoms. The van der Waals surface area contributed by atoms with Gasteiger partial charge in [0.15, 0.2) is 6.29 Å². The molecule has 0 amide bonds. The molecular formula is C22H30N2O6S2. The fourth-order valence-electron chi connectivity index (χ4n) is 3.07. The van der Waals surface area contributed by atoms with Gasteiger partial charge in [0.1, 0.15) is 5.75 Å². The molecule has 176 valence electrons. The van der Waals surface area contributed by atoms with Crippen LogP contribution in [0.3, 0.4) is 0 Å². The average Bonchev–Trinajstić information content (AvgIpc) is 2.71. The van der Waals surface area contributed by atoms with Crippen molar-refractivity contribution in [2.45, 2.75) is 55.9 Å². The van der Waals surface area contributed by atoms with Crippen molar-refractivity contribution < 1.29 is 26.4 Å². The SMILES string of the molecule is CCCCNS(=O)(=O)c1cc(C=O)c(OC)c(-c2cccc(S(=O)(=O)NC(C)(C)C)c2)c1. The molecule has 0 saturated heterocycles. The van der Waals surface area contributed by atoms with E-state index in [4.69, 9.17) is 4.74 Å². The number of benzene rings is 2. The van der Waals surface area contributed by atoms with Crippen molar-refractivity contribution in [3.05, 3.63) is 42.0 Å². The van der Waals surface area contributed by atoms with E-state index in [1.165, 1.54) is 31.4 Å². The number of methoxy groups -OCH3 is 1. The normalized spacial score (nSPS) is 12.5. The first-order valence-corrected chi connectivity index (χ1v) is 13.1. The van der Waals surface area contributed by atoms with E-state index in [2.05, 4.69) is 9.44 Å². The molecule has 0 heterocycles. The molecule has 2 aromatic carbocycles. The van der Waals surface area contributed by atoms with Crippen molar-refractivity contribution in [2.75, 3.05) is 13.7 Å². The van der Waals surface area contributed by atoms with Crippen molar-refractivity contribution >= 4 is 26.3 Å². The fourth-order valence-corrected chi connectivity index (χ4v) is 5.67. The summed E-state index contributed by atoms with van der Waals surface area (Å²) in [4.78, 5) is 11.6. The molecule has 0 atom stereocenters. The highest BCUT2D eigenvalue weighted by molar-refractivity contribution is 7.89. The summed E-state index contributed by atoms with van der Waals surface area (Å²) in [5.41, 5.74) is 0.0464. The van der Waals surface area contributed by atoms with Crippen LogP contribution in [0, 0.1) is 0 Å². The van der Waals surface area contributed by atoms with Crippen LogP contribution in [0.5, 0.6) is 5.75 Å². The molecule has 2 aromatic rings. The maximum atomic E-state index is 12.8. The molecule has 0 aromatic heterocycles. The third-order valence-corrected chi connectivity index (χ3v) is 7.65. The molecule has 0 aliphatic heterocycles. The van der Waals surface area contributed by atoms with Crippen LogP contribution in [0.2, 0.25) is 0 Å². The summed E-state index contributed by atoms with van der Waals surface area (Å²) in [7, 11) is -6.34. The summed E-state index contributed by atoms with van der Waals surface area (Å²) >= 11 is 0. The van der Waals surface area contributed by atoms with Crippen molar-refractivity contribution in [1.29, 1.82) is 0 Å². The zero-order chi connectivity index (χ0) is 24.2. The Balaban J connectivity index is 2.66. The second kappa shape index (κ2) is 10.1. The number of hydrogen-bond donors (Lipinski definition) is 2. The Morgan fingerprint density at radius 2 is 1.69 bits per heavy atom. The molecule has 0 radical (unpaired) electrons. The van der Waals surface area contributed by atoms with Gasteiger partial charge in [-0.25, -0.2) is 26.3 Å². The van der Waals surface area contributed by atoms with Gasteiger partial charge >= 0.3 is 0 Å². The molecule has 0 spiro atoms. The van der Waals surface area contributed by atoms with E-state index in [-0.39, 0.29) is 27.6 Å². The summed E-state index contributed by atoms with van der Waals surface area (Å²) in [5, 5.41) is 0. The fraction of sp³-hybridized carbons (Fsp3) is 0.409. The van der Waals surface area contributed by atoms with Gasteiger partial charge in [-0.2, -0.15) is 0 Å².